The lowest BCUT2D eigenvalue weighted by Gasteiger charge is -2.18. The van der Waals surface area contributed by atoms with Gasteiger partial charge >= 0.3 is 6.03 Å². The van der Waals surface area contributed by atoms with Gasteiger partial charge in [-0.2, -0.15) is 0 Å². The second-order valence-corrected chi connectivity index (χ2v) is 6.53. The molecule has 3 rings (SSSR count). The van der Waals surface area contributed by atoms with Crippen LogP contribution in [0.4, 0.5) is 16.2 Å². The SMILES string of the molecule is CC[C@@H](NC(=O)Nc1ccc2c(c1)N(CC)CC2)c1nccs1. The molecule has 0 aliphatic carbocycles. The zero-order chi connectivity index (χ0) is 16.2. The molecule has 0 fully saturated rings. The van der Waals surface area contributed by atoms with Gasteiger partial charge in [0.2, 0.25) is 0 Å². The Labute approximate surface area is 140 Å². The fraction of sp³-hybridized carbons (Fsp3) is 0.412. The molecule has 1 aromatic carbocycles. The number of rotatable bonds is 5. The molecular formula is C17H22N4OS. The van der Waals surface area contributed by atoms with Crippen molar-refractivity contribution in [2.24, 2.45) is 0 Å². The first-order valence-corrected chi connectivity index (χ1v) is 8.94. The normalized spacial score (nSPS) is 14.4. The van der Waals surface area contributed by atoms with E-state index in [-0.39, 0.29) is 12.1 Å². The molecule has 5 nitrogen and oxygen atoms in total. The third-order valence-electron chi connectivity index (χ3n) is 4.18. The number of carbonyl (C=O) groups excluding carboxylic acids is 1. The molecule has 0 saturated carbocycles. The first kappa shape index (κ1) is 15.8. The lowest BCUT2D eigenvalue weighted by Crippen LogP contribution is -2.32. The van der Waals surface area contributed by atoms with Gasteiger partial charge in [0.1, 0.15) is 5.01 Å². The van der Waals surface area contributed by atoms with Gasteiger partial charge in [-0.15, -0.1) is 11.3 Å². The first-order valence-electron chi connectivity index (χ1n) is 8.06. The van der Waals surface area contributed by atoms with Crippen LogP contribution in [0.15, 0.2) is 29.8 Å². The smallest absolute Gasteiger partial charge is 0.319 e. The van der Waals surface area contributed by atoms with Crippen molar-refractivity contribution in [3.05, 3.63) is 40.3 Å². The van der Waals surface area contributed by atoms with Crippen LogP contribution < -0.4 is 15.5 Å². The molecule has 2 amide bonds. The Morgan fingerprint density at radius 2 is 2.30 bits per heavy atom. The molecule has 0 unspecified atom stereocenters. The molecule has 1 aliphatic rings. The van der Waals surface area contributed by atoms with E-state index >= 15 is 0 Å². The highest BCUT2D eigenvalue weighted by atomic mass is 32.1. The van der Waals surface area contributed by atoms with Crippen LogP contribution in [0.1, 0.15) is 36.9 Å². The molecular weight excluding hydrogens is 308 g/mol. The van der Waals surface area contributed by atoms with Crippen LogP contribution in [0.5, 0.6) is 0 Å². The number of hydrogen-bond donors (Lipinski definition) is 2. The number of urea groups is 1. The Balaban J connectivity index is 1.66. The van der Waals surface area contributed by atoms with Gasteiger partial charge in [0.05, 0.1) is 6.04 Å². The highest BCUT2D eigenvalue weighted by Gasteiger charge is 2.19. The molecule has 0 saturated heterocycles. The monoisotopic (exact) mass is 330 g/mol. The van der Waals surface area contributed by atoms with E-state index in [1.165, 1.54) is 11.3 Å². The highest BCUT2D eigenvalue weighted by Crippen LogP contribution is 2.30. The largest absolute Gasteiger partial charge is 0.371 e. The molecule has 2 aromatic rings. The van der Waals surface area contributed by atoms with E-state index in [4.69, 9.17) is 0 Å². The lowest BCUT2D eigenvalue weighted by molar-refractivity contribution is 0.248. The number of aromatic nitrogens is 1. The molecule has 2 N–H and O–H groups in total. The predicted molar refractivity (Wildman–Crippen MR) is 95.3 cm³/mol. The molecule has 0 bridgehead atoms. The van der Waals surface area contributed by atoms with E-state index in [9.17, 15) is 4.79 Å². The number of anilines is 2. The minimum atomic E-state index is -0.187. The van der Waals surface area contributed by atoms with Crippen molar-refractivity contribution in [2.75, 3.05) is 23.3 Å². The summed E-state index contributed by atoms with van der Waals surface area (Å²) < 4.78 is 0. The van der Waals surface area contributed by atoms with E-state index in [2.05, 4.69) is 39.6 Å². The number of amides is 2. The van der Waals surface area contributed by atoms with E-state index in [1.807, 2.05) is 18.4 Å². The molecule has 0 spiro atoms. The molecule has 2 heterocycles. The summed E-state index contributed by atoms with van der Waals surface area (Å²) in [5.74, 6) is 0. The van der Waals surface area contributed by atoms with E-state index in [0.717, 1.165) is 36.6 Å². The minimum Gasteiger partial charge on any atom is -0.371 e. The fourth-order valence-corrected chi connectivity index (χ4v) is 3.69. The molecule has 6 heteroatoms. The number of nitrogens with one attached hydrogen (secondary N) is 2. The molecule has 122 valence electrons. The van der Waals surface area contributed by atoms with Gasteiger partial charge in [-0.25, -0.2) is 9.78 Å². The summed E-state index contributed by atoms with van der Waals surface area (Å²) >= 11 is 1.56. The number of thiazole rings is 1. The van der Waals surface area contributed by atoms with Gasteiger partial charge < -0.3 is 15.5 Å². The lowest BCUT2D eigenvalue weighted by atomic mass is 10.1. The van der Waals surface area contributed by atoms with E-state index in [0.29, 0.717) is 0 Å². The standard InChI is InChI=1S/C17H22N4OS/c1-3-14(16-18-8-10-23-16)20-17(22)19-13-6-5-12-7-9-21(4-2)15(12)11-13/h5-6,8,10-11,14H,3-4,7,9H2,1-2H3,(H2,19,20,22)/t14-/m1/s1. The van der Waals surface area contributed by atoms with Crippen LogP contribution in [0.25, 0.3) is 0 Å². The number of fused-ring (bicyclic) bond motifs is 1. The average Bonchev–Trinajstić information content (AvgIpc) is 3.21. The van der Waals surface area contributed by atoms with Crippen molar-refractivity contribution < 1.29 is 4.79 Å². The quantitative estimate of drug-likeness (QED) is 0.877. The van der Waals surface area contributed by atoms with Gasteiger partial charge in [0.25, 0.3) is 0 Å². The molecule has 1 aliphatic heterocycles. The number of likely N-dealkylation sites (N-methyl/N-ethyl adjacent to an activating group) is 1. The summed E-state index contributed by atoms with van der Waals surface area (Å²) in [6.07, 6.45) is 3.66. The number of hydrogen-bond acceptors (Lipinski definition) is 4. The summed E-state index contributed by atoms with van der Waals surface area (Å²) in [6, 6.07) is 5.92. The van der Waals surface area contributed by atoms with Gasteiger partial charge in [0, 0.05) is 36.0 Å². The Morgan fingerprint density at radius 3 is 3.00 bits per heavy atom. The Morgan fingerprint density at radius 1 is 1.43 bits per heavy atom. The summed E-state index contributed by atoms with van der Waals surface area (Å²) in [7, 11) is 0. The maximum atomic E-state index is 12.3. The Bertz CT molecular complexity index is 671. The Hall–Kier alpha value is -2.08. The van der Waals surface area contributed by atoms with Gasteiger partial charge in [-0.3, -0.25) is 0 Å². The summed E-state index contributed by atoms with van der Waals surface area (Å²) in [4.78, 5) is 18.9. The van der Waals surface area contributed by atoms with Crippen molar-refractivity contribution >= 4 is 28.7 Å². The average molecular weight is 330 g/mol. The van der Waals surface area contributed by atoms with E-state index in [1.54, 1.807) is 17.5 Å². The first-order chi connectivity index (χ1) is 11.2. The van der Waals surface area contributed by atoms with Crippen LogP contribution >= 0.6 is 11.3 Å². The van der Waals surface area contributed by atoms with Gasteiger partial charge in [0.15, 0.2) is 0 Å². The van der Waals surface area contributed by atoms with Gasteiger partial charge in [-0.1, -0.05) is 13.0 Å². The van der Waals surface area contributed by atoms with Crippen LogP contribution in [-0.4, -0.2) is 24.1 Å². The van der Waals surface area contributed by atoms with Crippen LogP contribution in [-0.2, 0) is 6.42 Å². The minimum absolute atomic E-state index is 0.0448. The third-order valence-corrected chi connectivity index (χ3v) is 5.07. The summed E-state index contributed by atoms with van der Waals surface area (Å²) in [5, 5.41) is 8.80. The zero-order valence-corrected chi connectivity index (χ0v) is 14.3. The van der Waals surface area contributed by atoms with E-state index < -0.39 is 0 Å². The second kappa shape index (κ2) is 7.00. The van der Waals surface area contributed by atoms with Crippen molar-refractivity contribution in [1.29, 1.82) is 0 Å². The summed E-state index contributed by atoms with van der Waals surface area (Å²) in [6.45, 7) is 6.25. The van der Waals surface area contributed by atoms with Crippen LogP contribution in [0.2, 0.25) is 0 Å². The number of carbonyl (C=O) groups is 1. The molecule has 1 atom stereocenters. The van der Waals surface area contributed by atoms with Gasteiger partial charge in [-0.05, 0) is 37.5 Å². The fourth-order valence-electron chi connectivity index (χ4n) is 2.92. The predicted octanol–water partition coefficient (Wildman–Crippen LogP) is 3.80. The maximum absolute atomic E-state index is 12.3. The zero-order valence-electron chi connectivity index (χ0n) is 13.5. The molecule has 23 heavy (non-hydrogen) atoms. The van der Waals surface area contributed by atoms with Crippen molar-refractivity contribution in [2.45, 2.75) is 32.7 Å². The highest BCUT2D eigenvalue weighted by molar-refractivity contribution is 7.09. The van der Waals surface area contributed by atoms with Crippen LogP contribution in [0, 0.1) is 0 Å². The summed E-state index contributed by atoms with van der Waals surface area (Å²) in [5.41, 5.74) is 3.42. The van der Waals surface area contributed by atoms with Crippen molar-refractivity contribution in [3.63, 3.8) is 0 Å². The maximum Gasteiger partial charge on any atom is 0.319 e. The molecule has 0 radical (unpaired) electrons. The third kappa shape index (κ3) is 3.47. The second-order valence-electron chi connectivity index (χ2n) is 5.60. The Kier molecular flexibility index (Phi) is 4.81. The molecule has 1 aromatic heterocycles. The van der Waals surface area contributed by atoms with Crippen molar-refractivity contribution in [3.8, 4) is 0 Å². The number of benzene rings is 1. The topological polar surface area (TPSA) is 57.3 Å². The van der Waals surface area contributed by atoms with Crippen molar-refractivity contribution in [1.82, 2.24) is 10.3 Å². The van der Waals surface area contributed by atoms with Crippen LogP contribution in [0.3, 0.4) is 0 Å². The number of nitrogens with zero attached hydrogens (tertiary/aromatic N) is 2.